The van der Waals surface area contributed by atoms with Gasteiger partial charge in [0, 0.05) is 11.9 Å². The third-order valence-electron chi connectivity index (χ3n) is 4.11. The lowest BCUT2D eigenvalue weighted by atomic mass is 9.78. The van der Waals surface area contributed by atoms with E-state index >= 15 is 0 Å². The minimum Gasteiger partial charge on any atom is -0.461 e. The standard InChI is InChI=1S/C16H26N2O2S/c1-4-20-14(19)13-10-21-15(18-13)17-11-16(9-12(2)3)7-5-6-8-16/h10,12H,4-9,11H2,1-3H3,(H,17,18). The molecule has 4 nitrogen and oxygen atoms in total. The Balaban J connectivity index is 1.93. The van der Waals surface area contributed by atoms with E-state index in [0.29, 0.717) is 17.7 Å². The lowest BCUT2D eigenvalue weighted by Crippen LogP contribution is -2.28. The molecule has 1 N–H and O–H groups in total. The van der Waals surface area contributed by atoms with E-state index in [1.165, 1.54) is 43.4 Å². The number of hydrogen-bond acceptors (Lipinski definition) is 5. The Morgan fingerprint density at radius 1 is 1.48 bits per heavy atom. The van der Waals surface area contributed by atoms with Crippen LogP contribution in [0.25, 0.3) is 0 Å². The summed E-state index contributed by atoms with van der Waals surface area (Å²) in [5.41, 5.74) is 0.817. The van der Waals surface area contributed by atoms with Crippen molar-refractivity contribution >= 4 is 22.4 Å². The van der Waals surface area contributed by atoms with Crippen LogP contribution < -0.4 is 5.32 Å². The molecule has 0 unspecified atom stereocenters. The van der Waals surface area contributed by atoms with Gasteiger partial charge in [-0.05, 0) is 37.5 Å². The molecule has 1 heterocycles. The van der Waals surface area contributed by atoms with E-state index in [0.717, 1.165) is 17.6 Å². The number of carbonyl (C=O) groups excluding carboxylic acids is 1. The van der Waals surface area contributed by atoms with Gasteiger partial charge >= 0.3 is 5.97 Å². The van der Waals surface area contributed by atoms with Gasteiger partial charge in [0.25, 0.3) is 0 Å². The molecule has 1 saturated carbocycles. The highest BCUT2D eigenvalue weighted by molar-refractivity contribution is 7.13. The number of nitrogens with zero attached hydrogens (tertiary/aromatic N) is 1. The Labute approximate surface area is 131 Å². The van der Waals surface area contributed by atoms with Gasteiger partial charge in [0.15, 0.2) is 10.8 Å². The SMILES string of the molecule is CCOC(=O)c1csc(NCC2(CC(C)C)CCCC2)n1. The van der Waals surface area contributed by atoms with E-state index in [9.17, 15) is 4.79 Å². The number of nitrogens with one attached hydrogen (secondary N) is 1. The Morgan fingerprint density at radius 3 is 2.81 bits per heavy atom. The topological polar surface area (TPSA) is 51.2 Å². The maximum absolute atomic E-state index is 11.6. The highest BCUT2D eigenvalue weighted by Crippen LogP contribution is 2.43. The summed E-state index contributed by atoms with van der Waals surface area (Å²) >= 11 is 1.48. The van der Waals surface area contributed by atoms with Crippen molar-refractivity contribution in [1.82, 2.24) is 4.98 Å². The molecule has 1 aromatic rings. The van der Waals surface area contributed by atoms with Crippen molar-refractivity contribution in [2.45, 2.75) is 52.9 Å². The first kappa shape index (κ1) is 16.3. The Bertz CT molecular complexity index is 465. The zero-order chi connectivity index (χ0) is 15.3. The monoisotopic (exact) mass is 310 g/mol. The van der Waals surface area contributed by atoms with Crippen LogP contribution in [0, 0.1) is 11.3 Å². The largest absolute Gasteiger partial charge is 0.461 e. The third-order valence-corrected chi connectivity index (χ3v) is 4.91. The second kappa shape index (κ2) is 7.25. The average Bonchev–Trinajstić information content (AvgIpc) is 3.05. The summed E-state index contributed by atoms with van der Waals surface area (Å²) in [4.78, 5) is 16.0. The summed E-state index contributed by atoms with van der Waals surface area (Å²) < 4.78 is 4.97. The van der Waals surface area contributed by atoms with Gasteiger partial charge in [0.2, 0.25) is 0 Å². The van der Waals surface area contributed by atoms with Gasteiger partial charge in [-0.25, -0.2) is 9.78 Å². The van der Waals surface area contributed by atoms with Crippen LogP contribution in [0.4, 0.5) is 5.13 Å². The second-order valence-corrected chi connectivity index (χ2v) is 7.28. The van der Waals surface area contributed by atoms with Gasteiger partial charge in [0.1, 0.15) is 0 Å². The summed E-state index contributed by atoms with van der Waals surface area (Å²) in [7, 11) is 0. The molecule has 0 spiro atoms. The molecule has 0 atom stereocenters. The van der Waals surface area contributed by atoms with Crippen molar-refractivity contribution in [2.24, 2.45) is 11.3 Å². The van der Waals surface area contributed by atoms with E-state index in [4.69, 9.17) is 4.74 Å². The molecule has 5 heteroatoms. The Kier molecular flexibility index (Phi) is 5.62. The minimum atomic E-state index is -0.334. The number of esters is 1. The highest BCUT2D eigenvalue weighted by atomic mass is 32.1. The molecule has 1 aliphatic rings. The molecule has 0 aromatic carbocycles. The van der Waals surface area contributed by atoms with Crippen LogP contribution in [0.5, 0.6) is 0 Å². The number of aromatic nitrogens is 1. The van der Waals surface area contributed by atoms with E-state index in [2.05, 4.69) is 24.1 Å². The fraction of sp³-hybridized carbons (Fsp3) is 0.750. The quantitative estimate of drug-likeness (QED) is 0.761. The van der Waals surface area contributed by atoms with Crippen molar-refractivity contribution < 1.29 is 9.53 Å². The molecule has 2 rings (SSSR count). The Morgan fingerprint density at radius 2 is 2.19 bits per heavy atom. The molecule has 21 heavy (non-hydrogen) atoms. The number of thiazole rings is 1. The van der Waals surface area contributed by atoms with Crippen molar-refractivity contribution in [3.63, 3.8) is 0 Å². The zero-order valence-corrected chi connectivity index (χ0v) is 14.1. The van der Waals surface area contributed by atoms with Crippen molar-refractivity contribution in [2.75, 3.05) is 18.5 Å². The van der Waals surface area contributed by atoms with Crippen molar-refractivity contribution in [3.8, 4) is 0 Å². The predicted octanol–water partition coefficient (Wildman–Crippen LogP) is 4.34. The minimum absolute atomic E-state index is 0.334. The van der Waals surface area contributed by atoms with Crippen LogP contribution in [0.15, 0.2) is 5.38 Å². The van der Waals surface area contributed by atoms with Crippen LogP contribution in [0.1, 0.15) is 63.4 Å². The first-order chi connectivity index (χ1) is 10.0. The van der Waals surface area contributed by atoms with Crippen LogP contribution in [0.3, 0.4) is 0 Å². The fourth-order valence-corrected chi connectivity index (χ4v) is 4.04. The van der Waals surface area contributed by atoms with Crippen molar-refractivity contribution in [3.05, 3.63) is 11.1 Å². The van der Waals surface area contributed by atoms with Crippen LogP contribution in [-0.4, -0.2) is 24.1 Å². The maximum atomic E-state index is 11.6. The van der Waals surface area contributed by atoms with E-state index in [1.54, 1.807) is 12.3 Å². The first-order valence-electron chi connectivity index (χ1n) is 7.91. The summed E-state index contributed by atoms with van der Waals surface area (Å²) in [5.74, 6) is 0.385. The molecule has 0 amide bonds. The predicted molar refractivity (Wildman–Crippen MR) is 86.9 cm³/mol. The molecule has 0 bridgehead atoms. The lowest BCUT2D eigenvalue weighted by Gasteiger charge is -2.31. The number of rotatable bonds is 7. The van der Waals surface area contributed by atoms with Gasteiger partial charge in [-0.1, -0.05) is 26.7 Å². The number of carbonyl (C=O) groups is 1. The third kappa shape index (κ3) is 4.43. The van der Waals surface area contributed by atoms with Gasteiger partial charge < -0.3 is 10.1 Å². The summed E-state index contributed by atoms with van der Waals surface area (Å²) in [6.45, 7) is 7.74. The fourth-order valence-electron chi connectivity index (χ4n) is 3.36. The molecule has 1 fully saturated rings. The summed E-state index contributed by atoms with van der Waals surface area (Å²) in [5, 5.41) is 6.04. The summed E-state index contributed by atoms with van der Waals surface area (Å²) in [6, 6.07) is 0. The molecule has 1 aromatic heterocycles. The van der Waals surface area contributed by atoms with Gasteiger partial charge in [-0.2, -0.15) is 0 Å². The van der Waals surface area contributed by atoms with Gasteiger partial charge in [0.05, 0.1) is 6.61 Å². The van der Waals surface area contributed by atoms with E-state index in [-0.39, 0.29) is 5.97 Å². The molecule has 1 aliphatic carbocycles. The molecular weight excluding hydrogens is 284 g/mol. The number of hydrogen-bond donors (Lipinski definition) is 1. The zero-order valence-electron chi connectivity index (χ0n) is 13.3. The number of anilines is 1. The lowest BCUT2D eigenvalue weighted by molar-refractivity contribution is 0.0520. The van der Waals surface area contributed by atoms with Crippen LogP contribution in [-0.2, 0) is 4.74 Å². The maximum Gasteiger partial charge on any atom is 0.357 e. The van der Waals surface area contributed by atoms with Crippen molar-refractivity contribution in [1.29, 1.82) is 0 Å². The second-order valence-electron chi connectivity index (χ2n) is 6.42. The van der Waals surface area contributed by atoms with Gasteiger partial charge in [-0.15, -0.1) is 11.3 Å². The van der Waals surface area contributed by atoms with Crippen LogP contribution in [0.2, 0.25) is 0 Å². The van der Waals surface area contributed by atoms with Gasteiger partial charge in [-0.3, -0.25) is 0 Å². The van der Waals surface area contributed by atoms with E-state index in [1.807, 2.05) is 0 Å². The molecule has 0 saturated heterocycles. The normalized spacial score (nSPS) is 17.1. The Hall–Kier alpha value is -1.10. The van der Waals surface area contributed by atoms with Crippen LogP contribution >= 0.6 is 11.3 Å². The molecule has 0 aliphatic heterocycles. The molecule has 118 valence electrons. The average molecular weight is 310 g/mol. The molecule has 0 radical (unpaired) electrons. The summed E-state index contributed by atoms with van der Waals surface area (Å²) in [6.07, 6.45) is 6.53. The first-order valence-corrected chi connectivity index (χ1v) is 8.79. The van der Waals surface area contributed by atoms with E-state index < -0.39 is 0 Å². The molecular formula is C16H26N2O2S. The number of ether oxygens (including phenoxy) is 1. The highest BCUT2D eigenvalue weighted by Gasteiger charge is 2.34. The smallest absolute Gasteiger partial charge is 0.357 e.